The first-order chi connectivity index (χ1) is 12.1. The van der Waals surface area contributed by atoms with Gasteiger partial charge in [0.15, 0.2) is 0 Å². The van der Waals surface area contributed by atoms with Gasteiger partial charge in [0, 0.05) is 0 Å². The second-order valence-corrected chi connectivity index (χ2v) is 5.58. The molecule has 0 aromatic rings. The molecular formula is H7AlO21Si7Zr. The summed E-state index contributed by atoms with van der Waals surface area (Å²) in [7, 11) is -23.7. The predicted molar refractivity (Wildman–Crippen MR) is 66.4 cm³/mol. The molecule has 21 nitrogen and oxygen atoms in total. The van der Waals surface area contributed by atoms with Gasteiger partial charge in [-0.2, -0.15) is 0 Å². The first-order valence-corrected chi connectivity index (χ1v) is 13.3. The number of rotatable bonds is 0. The Morgan fingerprint density at radius 2 is 0.333 bits per heavy atom. The molecule has 0 aliphatic rings. The molecule has 0 radical (unpaired) electrons. The molecule has 0 heterocycles. The molecule has 0 saturated heterocycles. The van der Waals surface area contributed by atoms with Gasteiger partial charge < -0.3 is 98.4 Å². The molecule has 0 aromatic carbocycles. The molecule has 0 aromatic heterocycles. The first-order valence-electron chi connectivity index (χ1n) is 4.42. The van der Waals surface area contributed by atoms with E-state index in [-0.39, 0.29) is 43.6 Å². The van der Waals surface area contributed by atoms with Crippen LogP contribution in [0.3, 0.4) is 0 Å². The SMILES string of the molecule is O=[Si]([O-])O.O=[Si]([O-])O.O=[Si]([O-])O.O=[Si]([O-])O.O=[Si]([O-])O.O=[Si]([O-])O.O=[Si]([O-])O.[Al+3].[Zr+4]. The van der Waals surface area contributed by atoms with Gasteiger partial charge in [0.2, 0.25) is 0 Å². The van der Waals surface area contributed by atoms with Crippen molar-refractivity contribution in [1.29, 1.82) is 0 Å². The van der Waals surface area contributed by atoms with Crippen LogP contribution >= 0.6 is 0 Å². The van der Waals surface area contributed by atoms with Crippen molar-refractivity contribution in [2.24, 2.45) is 0 Å². The molecule has 0 atom stereocenters. The van der Waals surface area contributed by atoms with Crippen LogP contribution in [0.2, 0.25) is 0 Å². The van der Waals surface area contributed by atoms with Gasteiger partial charge in [0.25, 0.3) is 0 Å². The van der Waals surface area contributed by atoms with E-state index in [1.807, 2.05) is 0 Å². The minimum Gasteiger partial charge on any atom is -0.604 e. The van der Waals surface area contributed by atoms with Gasteiger partial charge >= 0.3 is 108 Å². The first kappa shape index (κ1) is 56.8. The molecule has 0 spiro atoms. The van der Waals surface area contributed by atoms with Gasteiger partial charge in [-0.05, 0) is 0 Å². The Kier molecular flexibility index (Phi) is 96.3. The summed E-state index contributed by atoms with van der Waals surface area (Å²) in [6, 6.07) is 0. The average molecular weight is 658 g/mol. The van der Waals surface area contributed by atoms with Crippen molar-refractivity contribution in [3.63, 3.8) is 0 Å². The summed E-state index contributed by atoms with van der Waals surface area (Å²) in [5, 5.41) is 0. The van der Waals surface area contributed by atoms with Crippen LogP contribution in [-0.2, 0) is 57.4 Å². The zero-order valence-corrected chi connectivity index (χ0v) is 24.0. The number of hydrogen-bond donors (Lipinski definition) is 7. The third-order valence-electron chi connectivity index (χ3n) is 0. The van der Waals surface area contributed by atoms with Crippen molar-refractivity contribution in [3.8, 4) is 0 Å². The Morgan fingerprint density at radius 3 is 0.333 bits per heavy atom. The van der Waals surface area contributed by atoms with Crippen molar-refractivity contribution in [2.75, 3.05) is 0 Å². The summed E-state index contributed by atoms with van der Waals surface area (Å²) >= 11 is 0. The summed E-state index contributed by atoms with van der Waals surface area (Å²) in [5.74, 6) is 0. The number of hydrogen-bond acceptors (Lipinski definition) is 14. The maximum Gasteiger partial charge on any atom is 4.00 e. The van der Waals surface area contributed by atoms with Crippen molar-refractivity contribution in [1.82, 2.24) is 0 Å². The molecule has 0 amide bonds. The summed E-state index contributed by atoms with van der Waals surface area (Å²) in [4.78, 5) is 110. The minimum atomic E-state index is -3.38. The van der Waals surface area contributed by atoms with E-state index in [0.717, 1.165) is 0 Å². The molecule has 0 bridgehead atoms. The van der Waals surface area contributed by atoms with Gasteiger partial charge in [-0.1, -0.05) is 0 Å². The van der Waals surface area contributed by atoms with Gasteiger partial charge in [-0.3, -0.25) is 0 Å². The van der Waals surface area contributed by atoms with Crippen LogP contribution in [0.4, 0.5) is 0 Å². The standard InChI is InChI=1S/Al.7HO3Si.Zr/c;7*1-4(2)3;/h;7*1H;/q+3;7*-1;+4. The second kappa shape index (κ2) is 50.9. The normalized spacial score (nSPS) is 5.60. The third-order valence-corrected chi connectivity index (χ3v) is 0. The summed E-state index contributed by atoms with van der Waals surface area (Å²) in [6.07, 6.45) is 0. The van der Waals surface area contributed by atoms with Crippen molar-refractivity contribution in [3.05, 3.63) is 0 Å². The van der Waals surface area contributed by atoms with E-state index >= 15 is 0 Å². The Hall–Kier alpha value is -1.27. The van der Waals surface area contributed by atoms with Crippen molar-refractivity contribution in [2.45, 2.75) is 0 Å². The van der Waals surface area contributed by atoms with Crippen molar-refractivity contribution >= 4 is 81.6 Å². The fourth-order valence-electron chi connectivity index (χ4n) is 0. The maximum absolute atomic E-state index is 8.63. The van der Waals surface area contributed by atoms with E-state index < -0.39 is 64.2 Å². The molecule has 0 unspecified atom stereocenters. The van der Waals surface area contributed by atoms with Gasteiger partial charge in [0.05, 0.1) is 0 Å². The molecule has 7 N–H and O–H groups in total. The molecule has 30 heavy (non-hydrogen) atoms. The topological polar surface area (TPSA) is 423 Å². The summed E-state index contributed by atoms with van der Waals surface area (Å²) in [6.45, 7) is 0. The van der Waals surface area contributed by atoms with E-state index in [0.29, 0.717) is 0 Å². The summed E-state index contributed by atoms with van der Waals surface area (Å²) < 4.78 is 60.4. The maximum atomic E-state index is 8.63. The molecule has 0 saturated carbocycles. The van der Waals surface area contributed by atoms with Crippen LogP contribution in [0.15, 0.2) is 0 Å². The van der Waals surface area contributed by atoms with Crippen LogP contribution in [0.5, 0.6) is 0 Å². The van der Waals surface area contributed by atoms with E-state index in [1.54, 1.807) is 0 Å². The fraction of sp³-hybridized carbons (Fsp3) is 0. The average Bonchev–Trinajstić information content (AvgIpc) is 2.20. The molecule has 0 aliphatic carbocycles. The largest absolute Gasteiger partial charge is 4.00 e. The van der Waals surface area contributed by atoms with E-state index in [2.05, 4.69) is 0 Å². The van der Waals surface area contributed by atoms with Gasteiger partial charge in [-0.25, -0.2) is 0 Å². The van der Waals surface area contributed by atoms with Crippen molar-refractivity contribution < 1.29 is 125 Å². The van der Waals surface area contributed by atoms with E-state index in [1.165, 1.54) is 0 Å². The monoisotopic (exact) mass is 656 g/mol. The quantitative estimate of drug-likeness (QED) is 0.119. The Bertz CT molecular complexity index is 314. The van der Waals surface area contributed by atoms with Gasteiger partial charge in [0.1, 0.15) is 0 Å². The van der Waals surface area contributed by atoms with E-state index in [9.17, 15) is 0 Å². The molecular weight excluding hydrogens is 651 g/mol. The smallest absolute Gasteiger partial charge is 0.604 e. The minimum absolute atomic E-state index is 0. The van der Waals surface area contributed by atoms with Crippen LogP contribution in [0.25, 0.3) is 0 Å². The second-order valence-electron chi connectivity index (χ2n) is 1.86. The zero-order chi connectivity index (χ0) is 25.0. The van der Waals surface area contributed by atoms with Crippen LogP contribution in [0, 0.1) is 0 Å². The predicted octanol–water partition coefficient (Wildman–Crippen LogP) is -16.1. The molecule has 0 fully saturated rings. The van der Waals surface area contributed by atoms with Crippen LogP contribution in [0.1, 0.15) is 0 Å². The molecule has 30 heteroatoms. The molecule has 0 rings (SSSR count). The van der Waals surface area contributed by atoms with E-state index in [4.69, 9.17) is 98.4 Å². The third kappa shape index (κ3) is 11000. The van der Waals surface area contributed by atoms with Gasteiger partial charge in [-0.15, -0.1) is 0 Å². The molecule has 168 valence electrons. The summed E-state index contributed by atoms with van der Waals surface area (Å²) in [5.41, 5.74) is 0. The zero-order valence-electron chi connectivity index (χ0n) is 13.4. The fourth-order valence-corrected chi connectivity index (χ4v) is 0. The Balaban J connectivity index is -0.0000000242. The molecule has 0 aliphatic heterocycles. The Morgan fingerprint density at radius 1 is 0.333 bits per heavy atom. The van der Waals surface area contributed by atoms with Crippen LogP contribution in [-0.4, -0.2) is 115 Å². The Labute approximate surface area is 205 Å². The van der Waals surface area contributed by atoms with Crippen LogP contribution < -0.4 is 33.6 Å².